The van der Waals surface area contributed by atoms with E-state index < -0.39 is 28.7 Å². The molecule has 10 heteroatoms. The van der Waals surface area contributed by atoms with Gasteiger partial charge in [-0.15, -0.1) is 0 Å². The van der Waals surface area contributed by atoms with Crippen LogP contribution in [0.25, 0.3) is 5.82 Å². The van der Waals surface area contributed by atoms with E-state index in [0.29, 0.717) is 24.5 Å². The summed E-state index contributed by atoms with van der Waals surface area (Å²) in [7, 11) is 0. The number of amides is 1. The molecule has 0 radical (unpaired) electrons. The topological polar surface area (TPSA) is 63.9 Å². The van der Waals surface area contributed by atoms with Crippen molar-refractivity contribution in [1.29, 1.82) is 0 Å². The van der Waals surface area contributed by atoms with Gasteiger partial charge in [0.05, 0.1) is 34.1 Å². The summed E-state index contributed by atoms with van der Waals surface area (Å²) in [6.45, 7) is 2.12. The maximum absolute atomic E-state index is 13.1. The van der Waals surface area contributed by atoms with Gasteiger partial charge in [0.2, 0.25) is 0 Å². The minimum absolute atomic E-state index is 0.176. The fraction of sp³-hybridized carbons (Fsp3) is 0.263. The first-order valence-electron chi connectivity index (χ1n) is 8.79. The van der Waals surface area contributed by atoms with E-state index in [1.54, 1.807) is 30.2 Å². The van der Waals surface area contributed by atoms with E-state index in [9.17, 15) is 18.0 Å². The van der Waals surface area contributed by atoms with Crippen molar-refractivity contribution in [1.82, 2.24) is 24.6 Å². The number of alkyl halides is 3. The van der Waals surface area contributed by atoms with Gasteiger partial charge in [0.1, 0.15) is 0 Å². The number of hydrogen-bond acceptors (Lipinski definition) is 4. The number of rotatable bonds is 2. The summed E-state index contributed by atoms with van der Waals surface area (Å²) in [5.41, 5.74) is 0.410. The van der Waals surface area contributed by atoms with Gasteiger partial charge in [0.15, 0.2) is 5.82 Å². The largest absolute Gasteiger partial charge is 0.417 e. The van der Waals surface area contributed by atoms with Crippen LogP contribution in [0.3, 0.4) is 0 Å². The number of halogens is 4. The van der Waals surface area contributed by atoms with E-state index in [2.05, 4.69) is 15.1 Å². The molecule has 150 valence electrons. The zero-order valence-corrected chi connectivity index (χ0v) is 15.9. The number of nitrogens with zero attached hydrogens (tertiary/aromatic N) is 5. The summed E-state index contributed by atoms with van der Waals surface area (Å²) in [5.74, 6) is -0.0267. The number of aromatic nitrogens is 4. The highest BCUT2D eigenvalue weighted by molar-refractivity contribution is 6.34. The third kappa shape index (κ3) is 3.46. The third-order valence-electron chi connectivity index (χ3n) is 4.89. The fourth-order valence-electron chi connectivity index (χ4n) is 3.42. The van der Waals surface area contributed by atoms with Gasteiger partial charge in [-0.05, 0) is 31.0 Å². The molecule has 6 nitrogen and oxygen atoms in total. The van der Waals surface area contributed by atoms with Gasteiger partial charge in [0.25, 0.3) is 5.91 Å². The molecule has 0 spiro atoms. The minimum atomic E-state index is -4.64. The highest BCUT2D eigenvalue weighted by Crippen LogP contribution is 2.38. The highest BCUT2D eigenvalue weighted by Gasteiger charge is 2.37. The van der Waals surface area contributed by atoms with Crippen molar-refractivity contribution in [2.24, 2.45) is 0 Å². The molecule has 1 amide bonds. The second-order valence-electron chi connectivity index (χ2n) is 6.64. The van der Waals surface area contributed by atoms with Crippen LogP contribution in [0, 0.1) is 0 Å². The van der Waals surface area contributed by atoms with Crippen LogP contribution in [-0.2, 0) is 12.6 Å². The van der Waals surface area contributed by atoms with E-state index in [1.807, 2.05) is 6.20 Å². The monoisotopic (exact) mass is 421 g/mol. The van der Waals surface area contributed by atoms with Crippen molar-refractivity contribution >= 4 is 17.5 Å². The maximum Gasteiger partial charge on any atom is 0.417 e. The summed E-state index contributed by atoms with van der Waals surface area (Å²) in [6, 6.07) is 2.92. The second-order valence-corrected chi connectivity index (χ2v) is 7.02. The molecule has 0 bridgehead atoms. The molecule has 0 aliphatic carbocycles. The molecule has 0 fully saturated rings. The van der Waals surface area contributed by atoms with Gasteiger partial charge >= 0.3 is 6.18 Å². The smallest absolute Gasteiger partial charge is 0.330 e. The van der Waals surface area contributed by atoms with E-state index >= 15 is 0 Å². The van der Waals surface area contributed by atoms with Gasteiger partial charge in [-0.25, -0.2) is 9.67 Å². The Hall–Kier alpha value is -2.94. The van der Waals surface area contributed by atoms with E-state index in [-0.39, 0.29) is 5.56 Å². The van der Waals surface area contributed by atoms with Gasteiger partial charge in [-0.2, -0.15) is 18.3 Å². The summed E-state index contributed by atoms with van der Waals surface area (Å²) in [6.07, 6.45) is 2.37. The highest BCUT2D eigenvalue weighted by atomic mass is 35.5. The van der Waals surface area contributed by atoms with Gasteiger partial charge in [-0.3, -0.25) is 9.78 Å². The standard InChI is InChI=1S/C19H15ClF3N5O/c1-11-17-12(10-28(26-17)15-9-24-6-7-25-15)5-8-27(11)18(29)13-3-2-4-14(16(13)20)19(21,22)23/h2-4,6-7,9-11H,5,8H2,1H3. The molecule has 1 atom stereocenters. The Kier molecular flexibility index (Phi) is 4.77. The molecule has 1 unspecified atom stereocenters. The van der Waals surface area contributed by atoms with Crippen LogP contribution in [-0.4, -0.2) is 37.1 Å². The molecular weight excluding hydrogens is 407 g/mol. The molecule has 0 saturated heterocycles. The lowest BCUT2D eigenvalue weighted by molar-refractivity contribution is -0.137. The van der Waals surface area contributed by atoms with Crippen LogP contribution in [0.4, 0.5) is 13.2 Å². The second kappa shape index (κ2) is 7.14. The summed E-state index contributed by atoms with van der Waals surface area (Å²) >= 11 is 5.94. The average molecular weight is 422 g/mol. The molecule has 1 aromatic carbocycles. The van der Waals surface area contributed by atoms with Crippen LogP contribution in [0.15, 0.2) is 43.0 Å². The molecular formula is C19H15ClF3N5O. The number of carbonyl (C=O) groups excluding carboxylic acids is 1. The molecule has 1 aliphatic heterocycles. The van der Waals surface area contributed by atoms with Crippen LogP contribution >= 0.6 is 11.6 Å². The minimum Gasteiger partial charge on any atom is -0.330 e. The fourth-order valence-corrected chi connectivity index (χ4v) is 3.74. The van der Waals surface area contributed by atoms with Gasteiger partial charge < -0.3 is 4.90 Å². The van der Waals surface area contributed by atoms with Crippen molar-refractivity contribution in [3.8, 4) is 5.82 Å². The predicted octanol–water partition coefficient (Wildman–Crippen LogP) is 4.09. The molecule has 4 rings (SSSR count). The first kappa shape index (κ1) is 19.4. The first-order valence-corrected chi connectivity index (χ1v) is 9.16. The van der Waals surface area contributed by atoms with Crippen molar-refractivity contribution in [2.45, 2.75) is 25.6 Å². The van der Waals surface area contributed by atoms with Crippen LogP contribution in [0.2, 0.25) is 5.02 Å². The lowest BCUT2D eigenvalue weighted by atomic mass is 9.99. The Morgan fingerprint density at radius 1 is 1.28 bits per heavy atom. The third-order valence-corrected chi connectivity index (χ3v) is 5.29. The first-order chi connectivity index (χ1) is 13.8. The number of fused-ring (bicyclic) bond motifs is 1. The lowest BCUT2D eigenvalue weighted by Gasteiger charge is -2.33. The summed E-state index contributed by atoms with van der Waals surface area (Å²) in [5, 5.41) is 3.93. The molecule has 3 heterocycles. The molecule has 0 N–H and O–H groups in total. The van der Waals surface area contributed by atoms with E-state index in [0.717, 1.165) is 11.6 Å². The SMILES string of the molecule is CC1c2nn(-c3cnccn3)cc2CCN1C(=O)c1cccc(C(F)(F)F)c1Cl. The van der Waals surface area contributed by atoms with Gasteiger partial charge in [0, 0.05) is 25.1 Å². The van der Waals surface area contributed by atoms with Crippen molar-refractivity contribution in [3.05, 3.63) is 70.4 Å². The summed E-state index contributed by atoms with van der Waals surface area (Å²) < 4.78 is 41.0. The lowest BCUT2D eigenvalue weighted by Crippen LogP contribution is -2.39. The normalized spacial score (nSPS) is 16.6. The summed E-state index contributed by atoms with van der Waals surface area (Å²) in [4.78, 5) is 22.7. The Morgan fingerprint density at radius 2 is 2.07 bits per heavy atom. The Morgan fingerprint density at radius 3 is 2.76 bits per heavy atom. The average Bonchev–Trinajstić information content (AvgIpc) is 3.13. The molecule has 3 aromatic rings. The quantitative estimate of drug-likeness (QED) is 0.625. The molecule has 1 aliphatic rings. The van der Waals surface area contributed by atoms with Crippen LogP contribution < -0.4 is 0 Å². The maximum atomic E-state index is 13.1. The predicted molar refractivity (Wildman–Crippen MR) is 98.8 cm³/mol. The Balaban J connectivity index is 1.66. The zero-order chi connectivity index (χ0) is 20.8. The molecule has 2 aromatic heterocycles. The number of carbonyl (C=O) groups is 1. The van der Waals surface area contributed by atoms with Crippen LogP contribution in [0.1, 0.15) is 40.1 Å². The van der Waals surface area contributed by atoms with Crippen molar-refractivity contribution < 1.29 is 18.0 Å². The van der Waals surface area contributed by atoms with Crippen molar-refractivity contribution in [2.75, 3.05) is 6.54 Å². The number of benzene rings is 1. The number of hydrogen-bond donors (Lipinski definition) is 0. The van der Waals surface area contributed by atoms with E-state index in [1.165, 1.54) is 17.0 Å². The molecule has 29 heavy (non-hydrogen) atoms. The van der Waals surface area contributed by atoms with Crippen molar-refractivity contribution in [3.63, 3.8) is 0 Å². The molecule has 0 saturated carbocycles. The zero-order valence-electron chi connectivity index (χ0n) is 15.2. The van der Waals surface area contributed by atoms with Gasteiger partial charge in [-0.1, -0.05) is 17.7 Å². The van der Waals surface area contributed by atoms with Crippen LogP contribution in [0.5, 0.6) is 0 Å². The van der Waals surface area contributed by atoms with E-state index in [4.69, 9.17) is 11.6 Å². The Bertz CT molecular complexity index is 1070. The Labute approximate surface area is 168 Å².